The molecule has 156 valence electrons. The molecule has 13 heteroatoms. The van der Waals surface area contributed by atoms with Crippen LogP contribution in [0.15, 0.2) is 9.98 Å². The number of nitrogens with one attached hydrogen (secondary N) is 1. The van der Waals surface area contributed by atoms with E-state index in [2.05, 4.69) is 9.98 Å². The Bertz CT molecular complexity index is 679. The SMILES string of the molecule is N=C1N=CN(C2O[C@H](CO)[C@@H](O)[C@H]2O)C2C1N=CN2[C@@H]1O[C@H](CO)[C@@H](O)[C@H]1O. The number of ether oxygens (including phenoxy) is 2. The van der Waals surface area contributed by atoms with Crippen molar-refractivity contribution in [2.75, 3.05) is 13.2 Å². The van der Waals surface area contributed by atoms with Gasteiger partial charge in [0, 0.05) is 0 Å². The molecule has 0 aliphatic carbocycles. The van der Waals surface area contributed by atoms with Crippen molar-refractivity contribution < 1.29 is 40.1 Å². The third kappa shape index (κ3) is 2.83. The van der Waals surface area contributed by atoms with Crippen LogP contribution in [0.2, 0.25) is 0 Å². The number of hydrogen-bond donors (Lipinski definition) is 7. The first-order valence-corrected chi connectivity index (χ1v) is 8.84. The maximum Gasteiger partial charge on any atom is 0.162 e. The lowest BCUT2D eigenvalue weighted by molar-refractivity contribution is -0.132. The molecule has 4 aliphatic rings. The minimum Gasteiger partial charge on any atom is -0.394 e. The molecule has 0 aromatic rings. The standard InChI is InChI=1S/C15H23N5O8/c16-12-7-13(19(3-17-7)14-10(25)8(23)5(1-21)27-14)20(4-18-12)15-11(26)9(24)6(2-22)28-15/h3-11,13-16,21-26H,1-2H2/t5-,6-,7?,8-,9-,10-,11-,13?,14-,15?/m1/s1. The van der Waals surface area contributed by atoms with E-state index in [-0.39, 0.29) is 5.84 Å². The minimum absolute atomic E-state index is 0.0708. The van der Waals surface area contributed by atoms with E-state index >= 15 is 0 Å². The second-order valence-corrected chi connectivity index (χ2v) is 7.10. The summed E-state index contributed by atoms with van der Waals surface area (Å²) in [7, 11) is 0. The van der Waals surface area contributed by atoms with Gasteiger partial charge >= 0.3 is 0 Å². The van der Waals surface area contributed by atoms with Crippen LogP contribution in [-0.4, -0.2) is 133 Å². The highest BCUT2D eigenvalue weighted by Gasteiger charge is 2.55. The van der Waals surface area contributed by atoms with Crippen molar-refractivity contribution in [2.24, 2.45) is 9.98 Å². The van der Waals surface area contributed by atoms with E-state index in [0.29, 0.717) is 0 Å². The lowest BCUT2D eigenvalue weighted by Crippen LogP contribution is -2.63. The highest BCUT2D eigenvalue weighted by molar-refractivity contribution is 5.96. The molecule has 0 bridgehead atoms. The molecule has 2 fully saturated rings. The molecule has 0 amide bonds. The van der Waals surface area contributed by atoms with Gasteiger partial charge in [-0.25, -0.2) is 4.99 Å². The van der Waals surface area contributed by atoms with E-state index in [4.69, 9.17) is 14.9 Å². The summed E-state index contributed by atoms with van der Waals surface area (Å²) in [5, 5.41) is 67.5. The van der Waals surface area contributed by atoms with Crippen LogP contribution in [0.3, 0.4) is 0 Å². The zero-order chi connectivity index (χ0) is 20.2. The van der Waals surface area contributed by atoms with Gasteiger partial charge in [-0.15, -0.1) is 0 Å². The molecule has 4 rings (SSSR count). The molecule has 0 aromatic carbocycles. The van der Waals surface area contributed by atoms with Gasteiger partial charge < -0.3 is 49.9 Å². The average molecular weight is 401 g/mol. The first-order valence-electron chi connectivity index (χ1n) is 8.84. The second kappa shape index (κ2) is 7.27. The smallest absolute Gasteiger partial charge is 0.162 e. The molecule has 28 heavy (non-hydrogen) atoms. The summed E-state index contributed by atoms with van der Waals surface area (Å²) in [6.45, 7) is -0.998. The van der Waals surface area contributed by atoms with E-state index in [1.807, 2.05) is 0 Å². The molecular formula is C15H23N5O8. The summed E-state index contributed by atoms with van der Waals surface area (Å²) in [5.74, 6) is -0.0708. The maximum absolute atomic E-state index is 10.4. The Balaban J connectivity index is 1.62. The summed E-state index contributed by atoms with van der Waals surface area (Å²) in [5.41, 5.74) is 0. The Labute approximate surface area is 159 Å². The number of nitrogens with zero attached hydrogens (tertiary/aromatic N) is 4. The lowest BCUT2D eigenvalue weighted by Gasteiger charge is -2.44. The van der Waals surface area contributed by atoms with Crippen LogP contribution in [0.5, 0.6) is 0 Å². The van der Waals surface area contributed by atoms with Crippen molar-refractivity contribution in [1.82, 2.24) is 9.80 Å². The Kier molecular flexibility index (Phi) is 5.09. The average Bonchev–Trinajstić information content (AvgIpc) is 3.33. The van der Waals surface area contributed by atoms with Crippen molar-refractivity contribution in [1.29, 1.82) is 5.41 Å². The molecule has 13 nitrogen and oxygen atoms in total. The zero-order valence-electron chi connectivity index (χ0n) is 14.6. The van der Waals surface area contributed by atoms with Gasteiger partial charge in [-0.2, -0.15) is 0 Å². The van der Waals surface area contributed by atoms with Gasteiger partial charge in [0.1, 0.15) is 48.8 Å². The number of amidine groups is 1. The lowest BCUT2D eigenvalue weighted by atomic mass is 10.1. The van der Waals surface area contributed by atoms with Gasteiger partial charge in [0.15, 0.2) is 18.3 Å². The molecule has 2 saturated heterocycles. The van der Waals surface area contributed by atoms with Crippen LogP contribution in [0, 0.1) is 5.41 Å². The Morgan fingerprint density at radius 1 is 0.857 bits per heavy atom. The molecular weight excluding hydrogens is 378 g/mol. The molecule has 0 spiro atoms. The van der Waals surface area contributed by atoms with Crippen LogP contribution >= 0.6 is 0 Å². The molecule has 0 radical (unpaired) electrons. The van der Waals surface area contributed by atoms with Crippen molar-refractivity contribution in [2.45, 2.75) is 61.3 Å². The summed E-state index contributed by atoms with van der Waals surface area (Å²) >= 11 is 0. The third-order valence-electron chi connectivity index (χ3n) is 5.49. The number of hydrogen-bond acceptors (Lipinski definition) is 12. The third-order valence-corrected chi connectivity index (χ3v) is 5.49. The molecule has 4 heterocycles. The molecule has 4 aliphatic heterocycles. The largest absolute Gasteiger partial charge is 0.394 e. The Hall–Kier alpha value is -1.71. The molecule has 0 aromatic heterocycles. The normalized spacial score (nSPS) is 48.0. The summed E-state index contributed by atoms with van der Waals surface area (Å²) in [4.78, 5) is 11.0. The van der Waals surface area contributed by atoms with E-state index in [9.17, 15) is 30.6 Å². The fourth-order valence-corrected chi connectivity index (χ4v) is 3.94. The summed E-state index contributed by atoms with van der Waals surface area (Å²) in [6, 6.07) is -0.799. The van der Waals surface area contributed by atoms with Gasteiger partial charge in [0.2, 0.25) is 0 Å². The van der Waals surface area contributed by atoms with Crippen LogP contribution in [-0.2, 0) is 9.47 Å². The molecule has 3 unspecified atom stereocenters. The monoisotopic (exact) mass is 401 g/mol. The fourth-order valence-electron chi connectivity index (χ4n) is 3.94. The van der Waals surface area contributed by atoms with Crippen molar-refractivity contribution in [3.63, 3.8) is 0 Å². The number of rotatable bonds is 4. The van der Waals surface area contributed by atoms with Crippen LogP contribution < -0.4 is 0 Å². The van der Waals surface area contributed by atoms with Crippen LogP contribution in [0.4, 0.5) is 0 Å². The zero-order valence-corrected chi connectivity index (χ0v) is 14.6. The van der Waals surface area contributed by atoms with Crippen LogP contribution in [0.25, 0.3) is 0 Å². The van der Waals surface area contributed by atoms with Crippen LogP contribution in [0.1, 0.15) is 0 Å². The fraction of sp³-hybridized carbons (Fsp3) is 0.800. The number of aliphatic hydroxyl groups excluding tert-OH is 6. The van der Waals surface area contributed by atoms with E-state index < -0.39 is 74.5 Å². The van der Waals surface area contributed by atoms with Crippen molar-refractivity contribution in [3.8, 4) is 0 Å². The topological polar surface area (TPSA) is 195 Å². The highest BCUT2D eigenvalue weighted by atomic mass is 16.6. The van der Waals surface area contributed by atoms with Gasteiger partial charge in [0.25, 0.3) is 0 Å². The summed E-state index contributed by atoms with van der Waals surface area (Å²) < 4.78 is 11.1. The Morgan fingerprint density at radius 3 is 1.82 bits per heavy atom. The Morgan fingerprint density at radius 2 is 1.36 bits per heavy atom. The number of aliphatic imine (C=N–C) groups is 2. The first-order chi connectivity index (χ1) is 13.4. The van der Waals surface area contributed by atoms with Gasteiger partial charge in [-0.3, -0.25) is 10.4 Å². The van der Waals surface area contributed by atoms with E-state index in [1.54, 1.807) is 0 Å². The minimum atomic E-state index is -1.37. The molecule has 7 N–H and O–H groups in total. The predicted molar refractivity (Wildman–Crippen MR) is 91.5 cm³/mol. The summed E-state index contributed by atoms with van der Waals surface area (Å²) in [6.07, 6.45) is -7.76. The van der Waals surface area contributed by atoms with Gasteiger partial charge in [0.05, 0.1) is 25.9 Å². The highest BCUT2D eigenvalue weighted by Crippen LogP contribution is 2.34. The first kappa shape index (κ1) is 19.6. The van der Waals surface area contributed by atoms with Crippen molar-refractivity contribution in [3.05, 3.63) is 0 Å². The maximum atomic E-state index is 10.4. The van der Waals surface area contributed by atoms with E-state index in [1.165, 1.54) is 22.5 Å². The van der Waals surface area contributed by atoms with E-state index in [0.717, 1.165) is 0 Å². The number of fused-ring (bicyclic) bond motifs is 1. The molecule has 0 saturated carbocycles. The predicted octanol–water partition coefficient (Wildman–Crippen LogP) is -4.78. The van der Waals surface area contributed by atoms with Gasteiger partial charge in [-0.05, 0) is 0 Å². The number of aliphatic hydroxyl groups is 6. The second-order valence-electron chi connectivity index (χ2n) is 7.10. The quantitative estimate of drug-likeness (QED) is 0.240. The molecule has 10 atom stereocenters. The van der Waals surface area contributed by atoms with Gasteiger partial charge in [-0.1, -0.05) is 0 Å². The van der Waals surface area contributed by atoms with Crippen molar-refractivity contribution >= 4 is 18.5 Å².